The van der Waals surface area contributed by atoms with E-state index in [0.717, 1.165) is 11.3 Å². The van der Waals surface area contributed by atoms with Gasteiger partial charge in [0.15, 0.2) is 16.6 Å². The van der Waals surface area contributed by atoms with Crippen LogP contribution in [0, 0.1) is 0 Å². The zero-order valence-electron chi connectivity index (χ0n) is 15.1. The Morgan fingerprint density at radius 2 is 1.79 bits per heavy atom. The quantitative estimate of drug-likeness (QED) is 0.668. The number of urea groups is 1. The van der Waals surface area contributed by atoms with E-state index in [2.05, 4.69) is 15.6 Å². The molecule has 0 saturated heterocycles. The molecule has 2 N–H and O–H groups in total. The van der Waals surface area contributed by atoms with E-state index in [1.165, 1.54) is 11.3 Å². The van der Waals surface area contributed by atoms with E-state index in [1.54, 1.807) is 32.4 Å². The van der Waals surface area contributed by atoms with Crippen molar-refractivity contribution >= 4 is 28.2 Å². The molecule has 2 aromatic carbocycles. The zero-order chi connectivity index (χ0) is 19.5. The highest BCUT2D eigenvalue weighted by molar-refractivity contribution is 7.14. The van der Waals surface area contributed by atoms with Gasteiger partial charge in [0.1, 0.15) is 11.5 Å². The van der Waals surface area contributed by atoms with Crippen molar-refractivity contribution in [1.82, 2.24) is 4.98 Å². The Labute approximate surface area is 165 Å². The van der Waals surface area contributed by atoms with E-state index in [-0.39, 0.29) is 6.79 Å². The summed E-state index contributed by atoms with van der Waals surface area (Å²) in [5.41, 5.74) is 2.16. The summed E-state index contributed by atoms with van der Waals surface area (Å²) in [6.45, 7) is 0.220. The van der Waals surface area contributed by atoms with Crippen LogP contribution in [0.15, 0.2) is 41.8 Å². The Balaban J connectivity index is 1.45. The summed E-state index contributed by atoms with van der Waals surface area (Å²) in [4.78, 5) is 16.8. The third kappa shape index (κ3) is 3.79. The summed E-state index contributed by atoms with van der Waals surface area (Å²) in [6.07, 6.45) is 0. The third-order valence-electron chi connectivity index (χ3n) is 4.00. The van der Waals surface area contributed by atoms with Crippen LogP contribution in [0.3, 0.4) is 0 Å². The number of hydrogen-bond donors (Lipinski definition) is 2. The van der Waals surface area contributed by atoms with Gasteiger partial charge in [0.05, 0.1) is 19.9 Å². The Morgan fingerprint density at radius 3 is 2.54 bits per heavy atom. The lowest BCUT2D eigenvalue weighted by atomic mass is 10.1. The largest absolute Gasteiger partial charge is 0.497 e. The molecular weight excluding hydrogens is 382 g/mol. The minimum Gasteiger partial charge on any atom is -0.497 e. The fourth-order valence-corrected chi connectivity index (χ4v) is 3.37. The van der Waals surface area contributed by atoms with Gasteiger partial charge in [-0.2, -0.15) is 0 Å². The van der Waals surface area contributed by atoms with Crippen LogP contribution in [-0.2, 0) is 0 Å². The molecule has 2 amide bonds. The van der Waals surface area contributed by atoms with Crippen molar-refractivity contribution in [2.45, 2.75) is 0 Å². The number of rotatable bonds is 5. The molecule has 3 aromatic rings. The van der Waals surface area contributed by atoms with Crippen LogP contribution in [0.4, 0.5) is 15.6 Å². The van der Waals surface area contributed by atoms with Crippen molar-refractivity contribution in [3.8, 4) is 34.3 Å². The topological polar surface area (TPSA) is 90.9 Å². The van der Waals surface area contributed by atoms with E-state index in [1.807, 2.05) is 23.6 Å². The van der Waals surface area contributed by atoms with Gasteiger partial charge in [0, 0.05) is 34.8 Å². The highest BCUT2D eigenvalue weighted by Crippen LogP contribution is 2.36. The number of aromatic nitrogens is 1. The van der Waals surface area contributed by atoms with Crippen molar-refractivity contribution in [1.29, 1.82) is 0 Å². The number of benzene rings is 2. The average Bonchev–Trinajstić information content (AvgIpc) is 3.36. The number of hydrogen-bond acceptors (Lipinski definition) is 7. The molecule has 8 nitrogen and oxygen atoms in total. The maximum Gasteiger partial charge on any atom is 0.325 e. The minimum absolute atomic E-state index is 0.220. The van der Waals surface area contributed by atoms with Crippen LogP contribution < -0.4 is 29.6 Å². The lowest BCUT2D eigenvalue weighted by molar-refractivity contribution is 0.174. The molecule has 0 fully saturated rings. The summed E-state index contributed by atoms with van der Waals surface area (Å²) in [7, 11) is 3.09. The molecule has 0 saturated carbocycles. The maximum absolute atomic E-state index is 12.3. The molecule has 9 heteroatoms. The number of amides is 2. The van der Waals surface area contributed by atoms with Crippen LogP contribution in [0.2, 0.25) is 0 Å². The second-order valence-electron chi connectivity index (χ2n) is 5.79. The molecule has 0 bridgehead atoms. The predicted molar refractivity (Wildman–Crippen MR) is 106 cm³/mol. The monoisotopic (exact) mass is 399 g/mol. The number of fused-ring (bicyclic) bond motifs is 1. The Hall–Kier alpha value is -3.46. The number of nitrogens with zero attached hydrogens (tertiary/aromatic N) is 1. The molecule has 2 heterocycles. The standard InChI is InChI=1S/C19H17N3O5S/c1-24-13-6-12(7-14(8-13)25-2)20-18(23)22-19-21-15(9-28-19)11-3-4-16-17(5-11)27-10-26-16/h3-9H,10H2,1-2H3,(H2,20,21,22,23). The van der Waals surface area contributed by atoms with Crippen LogP contribution in [0.1, 0.15) is 0 Å². The van der Waals surface area contributed by atoms with E-state index in [9.17, 15) is 4.79 Å². The average molecular weight is 399 g/mol. The smallest absolute Gasteiger partial charge is 0.325 e. The first-order chi connectivity index (χ1) is 13.6. The molecule has 0 aliphatic carbocycles. The molecule has 1 aliphatic rings. The van der Waals surface area contributed by atoms with Crippen molar-refractivity contribution in [3.63, 3.8) is 0 Å². The molecule has 144 valence electrons. The predicted octanol–water partition coefficient (Wildman–Crippen LogP) is 4.20. The van der Waals surface area contributed by atoms with Gasteiger partial charge >= 0.3 is 6.03 Å². The Bertz CT molecular complexity index is 998. The van der Waals surface area contributed by atoms with Crippen LogP contribution in [0.5, 0.6) is 23.0 Å². The second kappa shape index (κ2) is 7.65. The van der Waals surface area contributed by atoms with Gasteiger partial charge in [-0.05, 0) is 18.2 Å². The van der Waals surface area contributed by atoms with Crippen LogP contribution >= 0.6 is 11.3 Å². The molecule has 1 aromatic heterocycles. The number of methoxy groups -OCH3 is 2. The van der Waals surface area contributed by atoms with Crippen LogP contribution in [-0.4, -0.2) is 32.0 Å². The van der Waals surface area contributed by atoms with Gasteiger partial charge in [-0.1, -0.05) is 0 Å². The third-order valence-corrected chi connectivity index (χ3v) is 4.76. The lowest BCUT2D eigenvalue weighted by Gasteiger charge is -2.09. The summed E-state index contributed by atoms with van der Waals surface area (Å²) < 4.78 is 21.1. The first-order valence-electron chi connectivity index (χ1n) is 8.31. The van der Waals surface area contributed by atoms with Gasteiger partial charge in [-0.3, -0.25) is 5.32 Å². The van der Waals surface area contributed by atoms with Crippen molar-refractivity contribution < 1.29 is 23.7 Å². The Kier molecular flexibility index (Phi) is 4.90. The zero-order valence-corrected chi connectivity index (χ0v) is 16.0. The van der Waals surface area contributed by atoms with Gasteiger partial charge in [-0.15, -0.1) is 11.3 Å². The first-order valence-corrected chi connectivity index (χ1v) is 9.19. The van der Waals surface area contributed by atoms with Gasteiger partial charge in [0.2, 0.25) is 6.79 Å². The normalized spacial score (nSPS) is 11.8. The van der Waals surface area contributed by atoms with Crippen molar-refractivity contribution in [2.75, 3.05) is 31.6 Å². The Morgan fingerprint density at radius 1 is 1.04 bits per heavy atom. The number of anilines is 2. The van der Waals surface area contributed by atoms with Crippen molar-refractivity contribution in [2.24, 2.45) is 0 Å². The van der Waals surface area contributed by atoms with E-state index in [4.69, 9.17) is 18.9 Å². The fraction of sp³-hybridized carbons (Fsp3) is 0.158. The van der Waals surface area contributed by atoms with Crippen molar-refractivity contribution in [3.05, 3.63) is 41.8 Å². The van der Waals surface area contributed by atoms with E-state index in [0.29, 0.717) is 33.8 Å². The lowest BCUT2D eigenvalue weighted by Crippen LogP contribution is -2.19. The number of thiazole rings is 1. The SMILES string of the molecule is COc1cc(NC(=O)Nc2nc(-c3ccc4c(c3)OCO4)cs2)cc(OC)c1. The molecule has 0 unspecified atom stereocenters. The summed E-state index contributed by atoms with van der Waals surface area (Å²) in [6, 6.07) is 10.3. The molecule has 28 heavy (non-hydrogen) atoms. The van der Waals surface area contributed by atoms with Gasteiger partial charge in [-0.25, -0.2) is 9.78 Å². The molecular formula is C19H17N3O5S. The first kappa shape index (κ1) is 17.9. The molecule has 0 radical (unpaired) electrons. The minimum atomic E-state index is -0.415. The van der Waals surface area contributed by atoms with Gasteiger partial charge < -0.3 is 24.3 Å². The summed E-state index contributed by atoms with van der Waals surface area (Å²) in [5.74, 6) is 2.55. The molecule has 0 atom stereocenters. The summed E-state index contributed by atoms with van der Waals surface area (Å²) >= 11 is 1.33. The van der Waals surface area contributed by atoms with Crippen LogP contribution in [0.25, 0.3) is 11.3 Å². The molecule has 0 spiro atoms. The van der Waals surface area contributed by atoms with Gasteiger partial charge in [0.25, 0.3) is 0 Å². The molecule has 1 aliphatic heterocycles. The summed E-state index contributed by atoms with van der Waals surface area (Å²) in [5, 5.41) is 7.81. The van der Waals surface area contributed by atoms with E-state index >= 15 is 0 Å². The number of ether oxygens (including phenoxy) is 4. The maximum atomic E-state index is 12.3. The number of carbonyl (C=O) groups is 1. The molecule has 4 rings (SSSR count). The van der Waals surface area contributed by atoms with E-state index < -0.39 is 6.03 Å². The highest BCUT2D eigenvalue weighted by atomic mass is 32.1. The number of nitrogens with one attached hydrogen (secondary N) is 2. The number of carbonyl (C=O) groups excluding carboxylic acids is 1. The fourth-order valence-electron chi connectivity index (χ4n) is 2.66. The second-order valence-corrected chi connectivity index (χ2v) is 6.64. The highest BCUT2D eigenvalue weighted by Gasteiger charge is 2.15.